The number of hydrogen-bond acceptors (Lipinski definition) is 3. The van der Waals surface area contributed by atoms with Crippen LogP contribution in [0.25, 0.3) is 11.0 Å². The minimum Gasteiger partial charge on any atom is -0.332 e. The lowest BCUT2D eigenvalue weighted by atomic mass is 10.2. The molecule has 6 heteroatoms. The van der Waals surface area contributed by atoms with Gasteiger partial charge in [0.05, 0.1) is 4.90 Å². The van der Waals surface area contributed by atoms with Gasteiger partial charge < -0.3 is 4.57 Å². The number of hydrogen-bond donors (Lipinski definition) is 1. The van der Waals surface area contributed by atoms with E-state index in [4.69, 9.17) is 0 Å². The summed E-state index contributed by atoms with van der Waals surface area (Å²) in [5, 5.41) is 1.09. The van der Waals surface area contributed by atoms with Crippen molar-refractivity contribution in [1.29, 1.82) is 0 Å². The van der Waals surface area contributed by atoms with E-state index in [-0.39, 0.29) is 0 Å². The summed E-state index contributed by atoms with van der Waals surface area (Å²) < 4.78 is 30.3. The molecule has 0 atom stereocenters. The number of sulfonamides is 1. The highest BCUT2D eigenvalue weighted by molar-refractivity contribution is 7.89. The fraction of sp³-hybridized carbons (Fsp3) is 0.381. The third-order valence-electron chi connectivity index (χ3n) is 4.60. The zero-order chi connectivity index (χ0) is 19.6. The molecular formula is C21H27N3O2S. The molecule has 27 heavy (non-hydrogen) atoms. The molecule has 0 aliphatic carbocycles. The Labute approximate surface area is 161 Å². The van der Waals surface area contributed by atoms with E-state index in [2.05, 4.69) is 34.3 Å². The Balaban J connectivity index is 1.78. The molecule has 0 saturated carbocycles. The average Bonchev–Trinajstić information content (AvgIpc) is 2.94. The van der Waals surface area contributed by atoms with Gasteiger partial charge in [0.15, 0.2) is 0 Å². The van der Waals surface area contributed by atoms with Crippen molar-refractivity contribution in [3.63, 3.8) is 0 Å². The molecule has 0 bridgehead atoms. The van der Waals surface area contributed by atoms with Gasteiger partial charge >= 0.3 is 0 Å². The lowest BCUT2D eigenvalue weighted by molar-refractivity contribution is 0.532. The monoisotopic (exact) mass is 385 g/mol. The Morgan fingerprint density at radius 1 is 1.19 bits per heavy atom. The van der Waals surface area contributed by atoms with Crippen LogP contribution in [0, 0.1) is 19.8 Å². The van der Waals surface area contributed by atoms with Crippen LogP contribution in [0.3, 0.4) is 0 Å². The zero-order valence-electron chi connectivity index (χ0n) is 16.4. The first-order chi connectivity index (χ1) is 12.8. The van der Waals surface area contributed by atoms with Crippen LogP contribution in [0.1, 0.15) is 30.5 Å². The average molecular weight is 386 g/mol. The van der Waals surface area contributed by atoms with Gasteiger partial charge in [0.2, 0.25) is 10.0 Å². The molecule has 1 N–H and O–H groups in total. The highest BCUT2D eigenvalue weighted by Gasteiger charge is 2.17. The maximum Gasteiger partial charge on any atom is 0.240 e. The van der Waals surface area contributed by atoms with Gasteiger partial charge in [-0.3, -0.25) is 0 Å². The molecule has 3 rings (SSSR count). The standard InChI is InChI=1S/C21H27N3O2S/c1-15(2)13-24-14-18(19-6-5-10-22-21(19)24)9-11-23-27(25,26)20-12-16(3)7-8-17(20)4/h5-8,10,12,14-15,23H,9,11,13H2,1-4H3. The molecule has 0 aliphatic heterocycles. The summed E-state index contributed by atoms with van der Waals surface area (Å²) in [5.41, 5.74) is 3.76. The van der Waals surface area contributed by atoms with Gasteiger partial charge in [-0.25, -0.2) is 18.1 Å². The third kappa shape index (κ3) is 4.39. The van der Waals surface area contributed by atoms with Crippen molar-refractivity contribution in [2.75, 3.05) is 6.54 Å². The summed E-state index contributed by atoms with van der Waals surface area (Å²) in [6.07, 6.45) is 4.52. The van der Waals surface area contributed by atoms with Gasteiger partial charge in [0.25, 0.3) is 0 Å². The molecule has 144 valence electrons. The summed E-state index contributed by atoms with van der Waals surface area (Å²) >= 11 is 0. The highest BCUT2D eigenvalue weighted by Crippen LogP contribution is 2.21. The first-order valence-electron chi connectivity index (χ1n) is 9.27. The Kier molecular flexibility index (Phi) is 5.67. The third-order valence-corrected chi connectivity index (χ3v) is 6.20. The first kappa shape index (κ1) is 19.6. The molecule has 0 amide bonds. The van der Waals surface area contributed by atoms with Crippen molar-refractivity contribution in [3.8, 4) is 0 Å². The fourth-order valence-electron chi connectivity index (χ4n) is 3.32. The predicted molar refractivity (Wildman–Crippen MR) is 109 cm³/mol. The lowest BCUT2D eigenvalue weighted by Gasteiger charge is -2.10. The molecular weight excluding hydrogens is 358 g/mol. The maximum absolute atomic E-state index is 12.7. The van der Waals surface area contributed by atoms with E-state index in [1.807, 2.05) is 38.1 Å². The van der Waals surface area contributed by atoms with Crippen LogP contribution in [0.2, 0.25) is 0 Å². The van der Waals surface area contributed by atoms with Gasteiger partial charge in [-0.05, 0) is 61.1 Å². The van der Waals surface area contributed by atoms with Crippen molar-refractivity contribution in [2.24, 2.45) is 5.92 Å². The van der Waals surface area contributed by atoms with Crippen LogP contribution in [0.4, 0.5) is 0 Å². The number of nitrogens with zero attached hydrogens (tertiary/aromatic N) is 2. The number of pyridine rings is 1. The number of fused-ring (bicyclic) bond motifs is 1. The van der Waals surface area contributed by atoms with Crippen molar-refractivity contribution in [1.82, 2.24) is 14.3 Å². The number of nitrogens with one attached hydrogen (secondary N) is 1. The summed E-state index contributed by atoms with van der Waals surface area (Å²) in [7, 11) is -3.52. The SMILES string of the molecule is Cc1ccc(C)c(S(=O)(=O)NCCc2cn(CC(C)C)c3ncccc23)c1. The number of aromatic nitrogens is 2. The van der Waals surface area contributed by atoms with Crippen molar-refractivity contribution in [3.05, 3.63) is 59.4 Å². The second-order valence-corrected chi connectivity index (χ2v) is 9.23. The van der Waals surface area contributed by atoms with Gasteiger partial charge in [-0.15, -0.1) is 0 Å². The maximum atomic E-state index is 12.7. The minimum absolute atomic E-state index is 0.353. The van der Waals surface area contributed by atoms with E-state index in [0.717, 1.165) is 34.3 Å². The number of benzene rings is 1. The molecule has 0 fully saturated rings. The molecule has 2 aromatic heterocycles. The smallest absolute Gasteiger partial charge is 0.240 e. The van der Waals surface area contributed by atoms with E-state index >= 15 is 0 Å². The molecule has 0 aliphatic rings. The molecule has 0 radical (unpaired) electrons. The van der Waals surface area contributed by atoms with E-state index in [0.29, 0.717) is 23.8 Å². The van der Waals surface area contributed by atoms with Gasteiger partial charge in [-0.2, -0.15) is 0 Å². The summed E-state index contributed by atoms with van der Waals surface area (Å²) in [6, 6.07) is 9.45. The number of aryl methyl sites for hydroxylation is 2. The summed E-state index contributed by atoms with van der Waals surface area (Å²) in [4.78, 5) is 4.86. The van der Waals surface area contributed by atoms with Crippen molar-refractivity contribution < 1.29 is 8.42 Å². The van der Waals surface area contributed by atoms with E-state index in [9.17, 15) is 8.42 Å². The van der Waals surface area contributed by atoms with Crippen molar-refractivity contribution >= 4 is 21.1 Å². The molecule has 5 nitrogen and oxygen atoms in total. The lowest BCUT2D eigenvalue weighted by Crippen LogP contribution is -2.26. The Morgan fingerprint density at radius 2 is 1.96 bits per heavy atom. The van der Waals surface area contributed by atoms with Crippen molar-refractivity contribution in [2.45, 2.75) is 45.6 Å². The van der Waals surface area contributed by atoms with Gasteiger partial charge in [0.1, 0.15) is 5.65 Å². The molecule has 1 aromatic carbocycles. The molecule has 0 saturated heterocycles. The Hall–Kier alpha value is -2.18. The van der Waals surface area contributed by atoms with Crippen LogP contribution >= 0.6 is 0 Å². The predicted octanol–water partition coefficient (Wildman–Crippen LogP) is 3.83. The molecule has 0 unspecified atom stereocenters. The van der Waals surface area contributed by atoms with Crippen LogP contribution < -0.4 is 4.72 Å². The minimum atomic E-state index is -3.52. The summed E-state index contributed by atoms with van der Waals surface area (Å²) in [5.74, 6) is 0.512. The Bertz CT molecular complexity index is 1050. The topological polar surface area (TPSA) is 64.0 Å². The quantitative estimate of drug-likeness (QED) is 0.672. The summed E-state index contributed by atoms with van der Waals surface area (Å²) in [6.45, 7) is 9.31. The zero-order valence-corrected chi connectivity index (χ0v) is 17.2. The van der Waals surface area contributed by atoms with Crippen LogP contribution in [0.5, 0.6) is 0 Å². The van der Waals surface area contributed by atoms with Gasteiger partial charge in [0, 0.05) is 30.9 Å². The number of rotatable bonds is 7. The molecule has 3 aromatic rings. The first-order valence-corrected chi connectivity index (χ1v) is 10.8. The Morgan fingerprint density at radius 3 is 2.70 bits per heavy atom. The highest BCUT2D eigenvalue weighted by atomic mass is 32.2. The normalized spacial score (nSPS) is 12.2. The molecule has 2 heterocycles. The largest absolute Gasteiger partial charge is 0.332 e. The molecule has 0 spiro atoms. The van der Waals surface area contributed by atoms with Gasteiger partial charge in [-0.1, -0.05) is 26.0 Å². The second-order valence-electron chi connectivity index (χ2n) is 7.49. The van der Waals surface area contributed by atoms with E-state index < -0.39 is 10.0 Å². The van der Waals surface area contributed by atoms with Crippen LogP contribution in [0.15, 0.2) is 47.6 Å². The van der Waals surface area contributed by atoms with E-state index in [1.165, 1.54) is 0 Å². The second kappa shape index (κ2) is 7.82. The van der Waals surface area contributed by atoms with Crippen LogP contribution in [-0.2, 0) is 23.0 Å². The van der Waals surface area contributed by atoms with E-state index in [1.54, 1.807) is 12.3 Å². The van der Waals surface area contributed by atoms with Crippen LogP contribution in [-0.4, -0.2) is 24.5 Å². The fourth-order valence-corrected chi connectivity index (χ4v) is 4.68.